The minimum absolute atomic E-state index is 0.0408. The molecule has 0 spiro atoms. The molecule has 0 unspecified atom stereocenters. The van der Waals surface area contributed by atoms with E-state index in [0.717, 1.165) is 19.3 Å². The number of hydrogen-bond donors (Lipinski definition) is 3. The highest BCUT2D eigenvalue weighted by Gasteiger charge is 2.38. The summed E-state index contributed by atoms with van der Waals surface area (Å²) in [5.74, 6) is -0.854. The van der Waals surface area contributed by atoms with Crippen molar-refractivity contribution in [1.82, 2.24) is 15.5 Å². The number of nitrogens with zero attached hydrogens (tertiary/aromatic N) is 1. The number of amides is 3. The lowest BCUT2D eigenvalue weighted by atomic mass is 9.81. The van der Waals surface area contributed by atoms with E-state index in [0.29, 0.717) is 38.8 Å². The van der Waals surface area contributed by atoms with Crippen molar-refractivity contribution in [2.75, 3.05) is 13.1 Å². The molecule has 0 aromatic rings. The van der Waals surface area contributed by atoms with Crippen LogP contribution >= 0.6 is 0 Å². The van der Waals surface area contributed by atoms with Crippen LogP contribution in [0.2, 0.25) is 0 Å². The average molecular weight is 468 g/mol. The number of rotatable bonds is 8. The van der Waals surface area contributed by atoms with Crippen molar-refractivity contribution in [3.05, 3.63) is 0 Å². The van der Waals surface area contributed by atoms with Gasteiger partial charge in [0.25, 0.3) is 0 Å². The van der Waals surface area contributed by atoms with Gasteiger partial charge in [-0.05, 0) is 77.6 Å². The maximum absolute atomic E-state index is 12.8. The molecule has 9 nitrogen and oxygen atoms in total. The Morgan fingerprint density at radius 1 is 1.06 bits per heavy atom. The number of nitrogens with one attached hydrogen (secondary N) is 2. The molecule has 1 aliphatic heterocycles. The molecule has 0 aromatic carbocycles. The number of carboxylic acids is 1. The molecule has 33 heavy (non-hydrogen) atoms. The van der Waals surface area contributed by atoms with Crippen LogP contribution in [0, 0.1) is 17.8 Å². The highest BCUT2D eigenvalue weighted by Crippen LogP contribution is 2.32. The van der Waals surface area contributed by atoms with Gasteiger partial charge >= 0.3 is 12.1 Å². The van der Waals surface area contributed by atoms with Crippen LogP contribution in [0.1, 0.15) is 79.6 Å². The van der Waals surface area contributed by atoms with Gasteiger partial charge in [-0.2, -0.15) is 0 Å². The summed E-state index contributed by atoms with van der Waals surface area (Å²) in [5.41, 5.74) is -0.640. The molecule has 188 valence electrons. The Kier molecular flexibility index (Phi) is 9.55. The second kappa shape index (κ2) is 11.7. The molecule has 9 heteroatoms. The first-order chi connectivity index (χ1) is 15.4. The van der Waals surface area contributed by atoms with E-state index in [1.54, 1.807) is 20.8 Å². The summed E-state index contributed by atoms with van der Waals surface area (Å²) in [7, 11) is 0. The van der Waals surface area contributed by atoms with E-state index in [1.807, 2.05) is 13.8 Å². The van der Waals surface area contributed by atoms with Crippen molar-refractivity contribution in [2.45, 2.75) is 97.2 Å². The lowest BCUT2D eigenvalue weighted by Crippen LogP contribution is -2.49. The smallest absolute Gasteiger partial charge is 0.408 e. The van der Waals surface area contributed by atoms with Crippen LogP contribution in [0.25, 0.3) is 0 Å². The van der Waals surface area contributed by atoms with Gasteiger partial charge in [-0.25, -0.2) is 9.59 Å². The van der Waals surface area contributed by atoms with Crippen molar-refractivity contribution < 1.29 is 29.0 Å². The average Bonchev–Trinajstić information content (AvgIpc) is 3.20. The number of aliphatic carboxylic acids is 1. The topological polar surface area (TPSA) is 125 Å². The minimum Gasteiger partial charge on any atom is -0.480 e. The van der Waals surface area contributed by atoms with Crippen molar-refractivity contribution >= 4 is 23.9 Å². The first-order valence-corrected chi connectivity index (χ1v) is 12.2. The Morgan fingerprint density at radius 3 is 2.24 bits per heavy atom. The van der Waals surface area contributed by atoms with Crippen molar-refractivity contribution in [3.8, 4) is 0 Å². The minimum atomic E-state index is -0.923. The fourth-order valence-electron chi connectivity index (χ4n) is 4.66. The molecule has 0 radical (unpaired) electrons. The molecule has 2 atom stereocenters. The van der Waals surface area contributed by atoms with Crippen LogP contribution in [0.4, 0.5) is 4.79 Å². The van der Waals surface area contributed by atoms with Crippen LogP contribution in [-0.4, -0.2) is 64.7 Å². The molecular weight excluding hydrogens is 426 g/mol. The van der Waals surface area contributed by atoms with E-state index in [-0.39, 0.29) is 29.6 Å². The Morgan fingerprint density at radius 2 is 1.70 bits per heavy atom. The van der Waals surface area contributed by atoms with E-state index in [2.05, 4.69) is 10.6 Å². The largest absolute Gasteiger partial charge is 0.480 e. The van der Waals surface area contributed by atoms with Gasteiger partial charge in [0.2, 0.25) is 11.8 Å². The van der Waals surface area contributed by atoms with Gasteiger partial charge in [-0.1, -0.05) is 13.8 Å². The van der Waals surface area contributed by atoms with Gasteiger partial charge in [0.15, 0.2) is 0 Å². The van der Waals surface area contributed by atoms with Gasteiger partial charge in [0.05, 0.1) is 0 Å². The maximum Gasteiger partial charge on any atom is 0.408 e. The summed E-state index contributed by atoms with van der Waals surface area (Å²) in [6.45, 7) is 10.3. The monoisotopic (exact) mass is 467 g/mol. The zero-order valence-electron chi connectivity index (χ0n) is 20.7. The third-order valence-electron chi connectivity index (χ3n) is 6.30. The van der Waals surface area contributed by atoms with E-state index in [4.69, 9.17) is 4.74 Å². The number of hydrogen-bond acceptors (Lipinski definition) is 5. The van der Waals surface area contributed by atoms with Crippen LogP contribution < -0.4 is 10.6 Å². The molecule has 2 aliphatic rings. The predicted octanol–water partition coefficient (Wildman–Crippen LogP) is 2.92. The summed E-state index contributed by atoms with van der Waals surface area (Å²) in [4.78, 5) is 50.7. The van der Waals surface area contributed by atoms with Crippen molar-refractivity contribution in [1.29, 1.82) is 0 Å². The molecule has 1 aliphatic carbocycles. The Hall–Kier alpha value is -2.32. The number of likely N-dealkylation sites (tertiary alicyclic amines) is 1. The molecule has 2 rings (SSSR count). The van der Waals surface area contributed by atoms with Crippen LogP contribution in [0.15, 0.2) is 0 Å². The molecule has 3 N–H and O–H groups in total. The van der Waals surface area contributed by atoms with Gasteiger partial charge in [-0.3, -0.25) is 9.59 Å². The Balaban J connectivity index is 1.81. The van der Waals surface area contributed by atoms with Gasteiger partial charge in [0.1, 0.15) is 17.7 Å². The molecule has 1 heterocycles. The summed E-state index contributed by atoms with van der Waals surface area (Å²) >= 11 is 0. The number of ether oxygens (including phenoxy) is 1. The molecule has 1 saturated carbocycles. The molecule has 3 amide bonds. The third-order valence-corrected chi connectivity index (χ3v) is 6.30. The fourth-order valence-corrected chi connectivity index (χ4v) is 4.66. The Bertz CT molecular complexity index is 709. The van der Waals surface area contributed by atoms with E-state index in [1.165, 1.54) is 4.90 Å². The molecule has 2 fully saturated rings. The van der Waals surface area contributed by atoms with Gasteiger partial charge < -0.3 is 25.4 Å². The number of carbonyl (C=O) groups is 4. The molecular formula is C24H41N3O6. The second-order valence-electron chi connectivity index (χ2n) is 10.8. The first-order valence-electron chi connectivity index (χ1n) is 12.2. The van der Waals surface area contributed by atoms with E-state index < -0.39 is 29.7 Å². The highest BCUT2D eigenvalue weighted by molar-refractivity contribution is 5.86. The summed E-state index contributed by atoms with van der Waals surface area (Å²) < 4.78 is 5.29. The molecule has 0 bridgehead atoms. The first kappa shape index (κ1) is 26.9. The summed E-state index contributed by atoms with van der Waals surface area (Å²) in [6, 6.07) is -1.36. The quantitative estimate of drug-likeness (QED) is 0.504. The zero-order valence-corrected chi connectivity index (χ0v) is 20.7. The van der Waals surface area contributed by atoms with Crippen LogP contribution in [0.5, 0.6) is 0 Å². The summed E-state index contributed by atoms with van der Waals surface area (Å²) in [6.07, 6.45) is 4.17. The normalized spacial score (nSPS) is 24.3. The Labute approximate surface area is 197 Å². The standard InChI is InChI=1S/C24H41N3O6/c1-15(2)13-18(26-23(32)33-24(3,4)5)20(28)25-14-16-8-10-17(11-9-16)21(29)27-12-6-7-19(27)22(30)31/h15-19H,6-14H2,1-5H3,(H,25,28)(H,26,32)(H,30,31)/t16?,17?,18-,19-/m0/s1. The lowest BCUT2D eigenvalue weighted by Gasteiger charge is -2.32. The summed E-state index contributed by atoms with van der Waals surface area (Å²) in [5, 5.41) is 15.0. The molecule has 1 saturated heterocycles. The second-order valence-corrected chi connectivity index (χ2v) is 10.8. The van der Waals surface area contributed by atoms with E-state index >= 15 is 0 Å². The highest BCUT2D eigenvalue weighted by atomic mass is 16.6. The van der Waals surface area contributed by atoms with E-state index in [9.17, 15) is 24.3 Å². The number of carboxylic acid groups (broad SMARTS) is 1. The van der Waals surface area contributed by atoms with Gasteiger partial charge in [0, 0.05) is 19.0 Å². The van der Waals surface area contributed by atoms with Crippen LogP contribution in [0.3, 0.4) is 0 Å². The zero-order chi connectivity index (χ0) is 24.8. The van der Waals surface area contributed by atoms with Crippen molar-refractivity contribution in [2.24, 2.45) is 17.8 Å². The molecule has 0 aromatic heterocycles. The van der Waals surface area contributed by atoms with Crippen molar-refractivity contribution in [3.63, 3.8) is 0 Å². The number of carbonyl (C=O) groups excluding carboxylic acids is 3. The van der Waals surface area contributed by atoms with Gasteiger partial charge in [-0.15, -0.1) is 0 Å². The lowest BCUT2D eigenvalue weighted by molar-refractivity contribution is -0.150. The number of alkyl carbamates (subject to hydrolysis) is 1. The fraction of sp³-hybridized carbons (Fsp3) is 0.833. The maximum atomic E-state index is 12.8. The van der Waals surface area contributed by atoms with Crippen LogP contribution in [-0.2, 0) is 19.1 Å². The SMILES string of the molecule is CC(C)C[C@H](NC(=O)OC(C)(C)C)C(=O)NCC1CCC(C(=O)N2CCC[C@H]2C(=O)O)CC1. The third kappa shape index (κ3) is 8.51. The predicted molar refractivity (Wildman–Crippen MR) is 123 cm³/mol.